The third kappa shape index (κ3) is 9.11. The summed E-state index contributed by atoms with van der Waals surface area (Å²) in [5.74, 6) is 1.27. The summed E-state index contributed by atoms with van der Waals surface area (Å²) in [4.78, 5) is 24.4. The Hall–Kier alpha value is -3.02. The van der Waals surface area contributed by atoms with E-state index in [2.05, 4.69) is 24.5 Å². The smallest absolute Gasteiger partial charge is 0.251 e. The maximum atomic E-state index is 12.2. The predicted molar refractivity (Wildman–Crippen MR) is 123 cm³/mol. The highest BCUT2D eigenvalue weighted by Gasteiger charge is 2.07. The van der Waals surface area contributed by atoms with Crippen molar-refractivity contribution in [2.45, 2.75) is 46.0 Å². The summed E-state index contributed by atoms with van der Waals surface area (Å²) in [5, 5.41) is 5.74. The van der Waals surface area contributed by atoms with Gasteiger partial charge in [-0.1, -0.05) is 26.7 Å². The number of hydrogen-bond donors (Lipinski definition) is 2. The number of amides is 2. The first-order chi connectivity index (χ1) is 15.1. The van der Waals surface area contributed by atoms with Gasteiger partial charge in [0.05, 0.1) is 13.2 Å². The molecule has 2 N–H and O–H groups in total. The van der Waals surface area contributed by atoms with Crippen LogP contribution in [0.25, 0.3) is 0 Å². The molecule has 2 aromatic rings. The standard InChI is InChI=1S/C25H34N2O4/c1-3-5-18-30-22-12-8-20(9-13-22)24(28)26-16-7-17-27-25(29)21-10-14-23(15-11-21)31-19-6-4-2/h8-15H,3-7,16-19H2,1-2H3,(H,26,28)(H,27,29). The summed E-state index contributed by atoms with van der Waals surface area (Å²) in [6.07, 6.45) is 4.84. The third-order valence-corrected chi connectivity index (χ3v) is 4.69. The van der Waals surface area contributed by atoms with Crippen LogP contribution in [0.4, 0.5) is 0 Å². The summed E-state index contributed by atoms with van der Waals surface area (Å²) in [7, 11) is 0. The molecule has 0 radical (unpaired) electrons. The minimum Gasteiger partial charge on any atom is -0.494 e. The molecule has 0 atom stereocenters. The minimum absolute atomic E-state index is 0.134. The van der Waals surface area contributed by atoms with Crippen molar-refractivity contribution in [2.75, 3.05) is 26.3 Å². The van der Waals surface area contributed by atoms with Gasteiger partial charge in [-0.15, -0.1) is 0 Å². The molecule has 0 bridgehead atoms. The van der Waals surface area contributed by atoms with E-state index in [1.165, 1.54) is 0 Å². The first-order valence-corrected chi connectivity index (χ1v) is 11.2. The van der Waals surface area contributed by atoms with E-state index >= 15 is 0 Å². The van der Waals surface area contributed by atoms with Crippen LogP contribution in [0.15, 0.2) is 48.5 Å². The first-order valence-electron chi connectivity index (χ1n) is 11.2. The van der Waals surface area contributed by atoms with Gasteiger partial charge in [-0.3, -0.25) is 9.59 Å². The van der Waals surface area contributed by atoms with Gasteiger partial charge in [0.1, 0.15) is 11.5 Å². The number of ether oxygens (including phenoxy) is 2. The fourth-order valence-electron chi connectivity index (χ4n) is 2.77. The molecule has 0 aliphatic heterocycles. The van der Waals surface area contributed by atoms with Gasteiger partial charge < -0.3 is 20.1 Å². The molecule has 0 aromatic heterocycles. The average molecular weight is 427 g/mol. The summed E-state index contributed by atoms with van der Waals surface area (Å²) in [6.45, 7) is 6.57. The Morgan fingerprint density at radius 1 is 0.645 bits per heavy atom. The quantitative estimate of drug-likeness (QED) is 0.433. The van der Waals surface area contributed by atoms with Crippen molar-refractivity contribution >= 4 is 11.8 Å². The Kier molecular flexibility index (Phi) is 11.0. The van der Waals surface area contributed by atoms with Crippen molar-refractivity contribution in [3.8, 4) is 11.5 Å². The van der Waals surface area contributed by atoms with Crippen LogP contribution in [-0.2, 0) is 0 Å². The Morgan fingerprint density at radius 2 is 1.03 bits per heavy atom. The third-order valence-electron chi connectivity index (χ3n) is 4.69. The van der Waals surface area contributed by atoms with Crippen LogP contribution in [0.2, 0.25) is 0 Å². The van der Waals surface area contributed by atoms with E-state index in [0.717, 1.165) is 37.2 Å². The molecule has 2 aromatic carbocycles. The van der Waals surface area contributed by atoms with Crippen molar-refractivity contribution in [3.63, 3.8) is 0 Å². The number of carbonyl (C=O) groups is 2. The molecule has 6 nitrogen and oxygen atoms in total. The second kappa shape index (κ2) is 14.1. The van der Waals surface area contributed by atoms with Crippen LogP contribution >= 0.6 is 0 Å². The van der Waals surface area contributed by atoms with Crippen LogP contribution < -0.4 is 20.1 Å². The highest BCUT2D eigenvalue weighted by molar-refractivity contribution is 5.94. The second-order valence-electron chi connectivity index (χ2n) is 7.32. The Balaban J connectivity index is 1.63. The minimum atomic E-state index is -0.134. The molecule has 6 heteroatoms. The lowest BCUT2D eigenvalue weighted by molar-refractivity contribution is 0.0951. The lowest BCUT2D eigenvalue weighted by Gasteiger charge is -2.09. The lowest BCUT2D eigenvalue weighted by atomic mass is 10.2. The average Bonchev–Trinajstić information content (AvgIpc) is 2.80. The maximum Gasteiger partial charge on any atom is 0.251 e. The highest BCUT2D eigenvalue weighted by Crippen LogP contribution is 2.13. The van der Waals surface area contributed by atoms with E-state index in [0.29, 0.717) is 43.9 Å². The number of benzene rings is 2. The van der Waals surface area contributed by atoms with Gasteiger partial charge in [0, 0.05) is 24.2 Å². The first kappa shape index (κ1) is 24.3. The van der Waals surface area contributed by atoms with Crippen molar-refractivity contribution in [2.24, 2.45) is 0 Å². The van der Waals surface area contributed by atoms with Crippen LogP contribution in [0.5, 0.6) is 11.5 Å². The fourth-order valence-corrected chi connectivity index (χ4v) is 2.77. The van der Waals surface area contributed by atoms with Crippen LogP contribution in [0.3, 0.4) is 0 Å². The molecule has 0 saturated carbocycles. The SMILES string of the molecule is CCCCOc1ccc(C(=O)NCCCNC(=O)c2ccc(OCCCC)cc2)cc1. The van der Waals surface area contributed by atoms with E-state index < -0.39 is 0 Å². The van der Waals surface area contributed by atoms with Crippen molar-refractivity contribution in [3.05, 3.63) is 59.7 Å². The van der Waals surface area contributed by atoms with Gasteiger partial charge in [0.2, 0.25) is 0 Å². The molecular weight excluding hydrogens is 392 g/mol. The largest absolute Gasteiger partial charge is 0.494 e. The van der Waals surface area contributed by atoms with Gasteiger partial charge in [-0.25, -0.2) is 0 Å². The van der Waals surface area contributed by atoms with E-state index in [-0.39, 0.29) is 11.8 Å². The predicted octanol–water partition coefficient (Wildman–Crippen LogP) is 4.59. The van der Waals surface area contributed by atoms with Gasteiger partial charge >= 0.3 is 0 Å². The van der Waals surface area contributed by atoms with E-state index in [1.807, 2.05) is 24.3 Å². The number of nitrogens with one attached hydrogen (secondary N) is 2. The van der Waals surface area contributed by atoms with E-state index in [1.54, 1.807) is 24.3 Å². The monoisotopic (exact) mass is 426 g/mol. The van der Waals surface area contributed by atoms with Crippen LogP contribution in [0, 0.1) is 0 Å². The molecule has 0 heterocycles. The number of unbranched alkanes of at least 4 members (excludes halogenated alkanes) is 2. The molecular formula is C25H34N2O4. The zero-order chi connectivity index (χ0) is 22.3. The van der Waals surface area contributed by atoms with Crippen LogP contribution in [-0.4, -0.2) is 38.1 Å². The molecule has 0 saturated heterocycles. The molecule has 31 heavy (non-hydrogen) atoms. The molecule has 2 amide bonds. The zero-order valence-corrected chi connectivity index (χ0v) is 18.6. The Morgan fingerprint density at radius 3 is 1.39 bits per heavy atom. The van der Waals surface area contributed by atoms with Gasteiger partial charge in [-0.2, -0.15) is 0 Å². The van der Waals surface area contributed by atoms with Gasteiger partial charge in [-0.05, 0) is 67.8 Å². The molecule has 0 aliphatic rings. The molecule has 0 unspecified atom stereocenters. The summed E-state index contributed by atoms with van der Waals surface area (Å²) in [5.41, 5.74) is 1.18. The van der Waals surface area contributed by atoms with Gasteiger partial charge in [0.25, 0.3) is 11.8 Å². The fraction of sp³-hybridized carbons (Fsp3) is 0.440. The number of hydrogen-bond acceptors (Lipinski definition) is 4. The molecule has 0 fully saturated rings. The van der Waals surface area contributed by atoms with Crippen molar-refractivity contribution in [1.82, 2.24) is 10.6 Å². The molecule has 0 spiro atoms. The topological polar surface area (TPSA) is 76.7 Å². The molecule has 0 aliphatic carbocycles. The summed E-state index contributed by atoms with van der Waals surface area (Å²) < 4.78 is 11.2. The van der Waals surface area contributed by atoms with E-state index in [4.69, 9.17) is 9.47 Å². The zero-order valence-electron chi connectivity index (χ0n) is 18.6. The molecule has 2 rings (SSSR count). The normalized spacial score (nSPS) is 10.4. The summed E-state index contributed by atoms with van der Waals surface area (Å²) in [6, 6.07) is 14.3. The second-order valence-corrected chi connectivity index (χ2v) is 7.32. The Bertz CT molecular complexity index is 721. The molecule has 168 valence electrons. The van der Waals surface area contributed by atoms with Crippen LogP contribution in [0.1, 0.15) is 66.7 Å². The van der Waals surface area contributed by atoms with Crippen molar-refractivity contribution < 1.29 is 19.1 Å². The van der Waals surface area contributed by atoms with Crippen molar-refractivity contribution in [1.29, 1.82) is 0 Å². The summed E-state index contributed by atoms with van der Waals surface area (Å²) >= 11 is 0. The lowest BCUT2D eigenvalue weighted by Crippen LogP contribution is -2.29. The number of carbonyl (C=O) groups excluding carboxylic acids is 2. The maximum absolute atomic E-state index is 12.2. The number of rotatable bonds is 14. The van der Waals surface area contributed by atoms with E-state index in [9.17, 15) is 9.59 Å². The Labute approximate surface area is 185 Å². The van der Waals surface area contributed by atoms with Gasteiger partial charge in [0.15, 0.2) is 0 Å². The highest BCUT2D eigenvalue weighted by atomic mass is 16.5.